The summed E-state index contributed by atoms with van der Waals surface area (Å²) in [5.74, 6) is 0.320. The number of aromatic nitrogens is 3. The Kier molecular flexibility index (Phi) is 7.53. The molecule has 0 bridgehead atoms. The number of carbonyl (C=O) groups is 1. The fraction of sp³-hybridized carbons (Fsp3) is 0.278. The van der Waals surface area contributed by atoms with Crippen molar-refractivity contribution in [1.29, 1.82) is 0 Å². The molecule has 29 heavy (non-hydrogen) atoms. The van der Waals surface area contributed by atoms with E-state index in [-0.39, 0.29) is 6.54 Å². The van der Waals surface area contributed by atoms with Gasteiger partial charge in [-0.2, -0.15) is 0 Å². The van der Waals surface area contributed by atoms with Crippen molar-refractivity contribution in [2.75, 3.05) is 14.2 Å². The Morgan fingerprint density at radius 3 is 2.66 bits per heavy atom. The smallest absolute Gasteiger partial charge is 0.331 e. The van der Waals surface area contributed by atoms with E-state index in [0.29, 0.717) is 16.3 Å². The summed E-state index contributed by atoms with van der Waals surface area (Å²) in [5, 5.41) is 8.14. The van der Waals surface area contributed by atoms with E-state index in [9.17, 15) is 9.00 Å². The van der Waals surface area contributed by atoms with E-state index in [1.165, 1.54) is 23.1 Å². The average Bonchev–Trinajstić information content (AvgIpc) is 3.39. The Bertz CT molecular complexity index is 990. The predicted molar refractivity (Wildman–Crippen MR) is 113 cm³/mol. The van der Waals surface area contributed by atoms with Crippen LogP contribution in [0.1, 0.15) is 17.3 Å². The van der Waals surface area contributed by atoms with Crippen LogP contribution in [0.25, 0.3) is 0 Å². The average molecular weight is 499 g/mol. The standard InChI is InChI=1S/C18H19BrN4O4S2/c1-26-14-5-3-12(4-6-14)9-15(18(24)27-2)23-11-13(21-22-23)10-20-29(25)17-8-7-16(19)28-17/h3-8,11,15,20H,9-10H2,1-2H3/t15-,29?/m0/s1. The van der Waals surface area contributed by atoms with Crippen LogP contribution in [0.4, 0.5) is 0 Å². The first-order valence-electron chi connectivity index (χ1n) is 8.52. The molecule has 154 valence electrons. The third kappa shape index (κ3) is 5.72. The first-order chi connectivity index (χ1) is 14.0. The third-order valence-electron chi connectivity index (χ3n) is 4.05. The van der Waals surface area contributed by atoms with Crippen molar-refractivity contribution in [2.45, 2.75) is 23.2 Å². The van der Waals surface area contributed by atoms with E-state index in [1.54, 1.807) is 19.4 Å². The molecule has 1 aromatic carbocycles. The minimum Gasteiger partial charge on any atom is -0.497 e. The first kappa shape index (κ1) is 21.6. The molecule has 0 aliphatic heterocycles. The van der Waals surface area contributed by atoms with E-state index in [1.807, 2.05) is 30.3 Å². The quantitative estimate of drug-likeness (QED) is 0.455. The number of ether oxygens (including phenoxy) is 2. The number of esters is 1. The van der Waals surface area contributed by atoms with Gasteiger partial charge in [-0.3, -0.25) is 0 Å². The maximum Gasteiger partial charge on any atom is 0.331 e. The Morgan fingerprint density at radius 1 is 1.28 bits per heavy atom. The van der Waals surface area contributed by atoms with Gasteiger partial charge in [0.25, 0.3) is 0 Å². The van der Waals surface area contributed by atoms with Crippen molar-refractivity contribution in [1.82, 2.24) is 19.7 Å². The number of thiophene rings is 1. The highest BCUT2D eigenvalue weighted by Crippen LogP contribution is 2.24. The number of hydrogen-bond acceptors (Lipinski definition) is 7. The van der Waals surface area contributed by atoms with Crippen molar-refractivity contribution >= 4 is 44.2 Å². The summed E-state index contributed by atoms with van der Waals surface area (Å²) < 4.78 is 28.3. The molecule has 8 nitrogen and oxygen atoms in total. The highest BCUT2D eigenvalue weighted by molar-refractivity contribution is 9.11. The van der Waals surface area contributed by atoms with Crippen molar-refractivity contribution in [3.63, 3.8) is 0 Å². The van der Waals surface area contributed by atoms with E-state index in [2.05, 4.69) is 31.0 Å². The lowest BCUT2D eigenvalue weighted by Gasteiger charge is -2.14. The molecule has 0 radical (unpaired) electrons. The van der Waals surface area contributed by atoms with Crippen molar-refractivity contribution in [3.05, 3.63) is 57.6 Å². The normalized spacial score (nSPS) is 13.1. The molecular weight excluding hydrogens is 480 g/mol. The highest BCUT2D eigenvalue weighted by atomic mass is 79.9. The van der Waals surface area contributed by atoms with Gasteiger partial charge in [-0.25, -0.2) is 18.4 Å². The molecule has 1 N–H and O–H groups in total. The number of benzene rings is 1. The molecule has 2 aromatic heterocycles. The van der Waals surface area contributed by atoms with E-state index < -0.39 is 23.0 Å². The van der Waals surface area contributed by atoms with Gasteiger partial charge in [0.1, 0.15) is 20.9 Å². The number of hydrogen-bond donors (Lipinski definition) is 1. The van der Waals surface area contributed by atoms with Crippen LogP contribution in [0.5, 0.6) is 5.75 Å². The Hall–Kier alpha value is -2.08. The third-order valence-corrected chi connectivity index (χ3v) is 7.08. The summed E-state index contributed by atoms with van der Waals surface area (Å²) in [6.45, 7) is 0.249. The van der Waals surface area contributed by atoms with Crippen LogP contribution in [-0.2, 0) is 33.5 Å². The van der Waals surface area contributed by atoms with Crippen LogP contribution in [0.15, 0.2) is 50.6 Å². The molecular formula is C18H19BrN4O4S2. The number of carbonyl (C=O) groups excluding carboxylic acids is 1. The second kappa shape index (κ2) is 10.1. The fourth-order valence-electron chi connectivity index (χ4n) is 2.56. The molecule has 3 rings (SSSR count). The van der Waals surface area contributed by atoms with Crippen LogP contribution in [0, 0.1) is 0 Å². The molecule has 0 aliphatic carbocycles. The number of rotatable bonds is 9. The molecule has 1 unspecified atom stereocenters. The van der Waals surface area contributed by atoms with Gasteiger partial charge in [0.05, 0.1) is 36.4 Å². The monoisotopic (exact) mass is 498 g/mol. The van der Waals surface area contributed by atoms with Crippen LogP contribution in [-0.4, -0.2) is 39.4 Å². The Morgan fingerprint density at radius 2 is 2.03 bits per heavy atom. The minimum atomic E-state index is -1.35. The van der Waals surface area contributed by atoms with Crippen molar-refractivity contribution < 1.29 is 18.5 Å². The maximum absolute atomic E-state index is 12.3. The molecule has 11 heteroatoms. The molecule has 0 spiro atoms. The second-order valence-electron chi connectivity index (χ2n) is 5.93. The van der Waals surface area contributed by atoms with Gasteiger partial charge >= 0.3 is 5.97 Å². The molecule has 2 heterocycles. The molecule has 0 fully saturated rings. The van der Waals surface area contributed by atoms with Gasteiger partial charge in [-0.1, -0.05) is 17.3 Å². The highest BCUT2D eigenvalue weighted by Gasteiger charge is 2.23. The van der Waals surface area contributed by atoms with E-state index in [4.69, 9.17) is 9.47 Å². The van der Waals surface area contributed by atoms with Gasteiger partial charge in [-0.15, -0.1) is 16.4 Å². The number of halogens is 1. The largest absolute Gasteiger partial charge is 0.497 e. The lowest BCUT2D eigenvalue weighted by atomic mass is 10.1. The van der Waals surface area contributed by atoms with Gasteiger partial charge in [0, 0.05) is 6.42 Å². The van der Waals surface area contributed by atoms with Gasteiger partial charge in [-0.05, 0) is 45.8 Å². The second-order valence-corrected chi connectivity index (χ2v) is 9.92. The summed E-state index contributed by atoms with van der Waals surface area (Å²) in [6.07, 6.45) is 2.04. The zero-order valence-corrected chi connectivity index (χ0v) is 18.9. The van der Waals surface area contributed by atoms with Gasteiger partial charge in [0.15, 0.2) is 6.04 Å². The zero-order valence-electron chi connectivity index (χ0n) is 15.7. The molecule has 3 aromatic rings. The molecule has 0 amide bonds. The van der Waals surface area contributed by atoms with Crippen molar-refractivity contribution in [2.24, 2.45) is 0 Å². The van der Waals surface area contributed by atoms with E-state index in [0.717, 1.165) is 15.1 Å². The Balaban J connectivity index is 1.68. The summed E-state index contributed by atoms with van der Waals surface area (Å²) in [6, 6.07) is 10.4. The van der Waals surface area contributed by atoms with Crippen LogP contribution in [0.3, 0.4) is 0 Å². The van der Waals surface area contributed by atoms with E-state index >= 15 is 0 Å². The molecule has 0 saturated heterocycles. The lowest BCUT2D eigenvalue weighted by Crippen LogP contribution is -2.23. The molecule has 0 saturated carbocycles. The van der Waals surface area contributed by atoms with Crippen LogP contribution >= 0.6 is 27.3 Å². The summed E-state index contributed by atoms with van der Waals surface area (Å²) in [5.41, 5.74) is 1.50. The molecule has 0 aliphatic rings. The Labute approximate surface area is 182 Å². The summed E-state index contributed by atoms with van der Waals surface area (Å²) in [4.78, 5) is 12.3. The summed E-state index contributed by atoms with van der Waals surface area (Å²) >= 11 is 4.75. The SMILES string of the molecule is COC(=O)[C@H](Cc1ccc(OC)cc1)n1cc(CNS(=O)c2ccc(Br)s2)nn1. The molecule has 2 atom stereocenters. The fourth-order valence-corrected chi connectivity index (χ4v) is 5.36. The number of methoxy groups -OCH3 is 2. The topological polar surface area (TPSA) is 95.3 Å². The van der Waals surface area contributed by atoms with Gasteiger partial charge < -0.3 is 9.47 Å². The van der Waals surface area contributed by atoms with Crippen LogP contribution < -0.4 is 9.46 Å². The minimum absolute atomic E-state index is 0.249. The number of nitrogens with one attached hydrogen (secondary N) is 1. The maximum atomic E-state index is 12.3. The number of nitrogens with zero attached hydrogens (tertiary/aromatic N) is 3. The lowest BCUT2D eigenvalue weighted by molar-refractivity contribution is -0.144. The van der Waals surface area contributed by atoms with Crippen LogP contribution in [0.2, 0.25) is 0 Å². The van der Waals surface area contributed by atoms with Gasteiger partial charge in [0.2, 0.25) is 0 Å². The first-order valence-corrected chi connectivity index (χ1v) is 11.3. The summed E-state index contributed by atoms with van der Waals surface area (Å²) in [7, 11) is 1.59. The van der Waals surface area contributed by atoms with Crippen molar-refractivity contribution in [3.8, 4) is 5.75 Å². The predicted octanol–water partition coefficient (Wildman–Crippen LogP) is 2.88. The zero-order chi connectivity index (χ0) is 20.8.